The SMILES string of the molecule is CC(F)(F)c1cnc2ccc(-c3ccc(OCC(F)(F)F)nc3)cn12.Fc1cc(-c2cn3c(C(F)(F)F)cnc3cn2)cnc1OCC(F)(F)F. The number of hydrogen-bond acceptors (Lipinski definition) is 7. The van der Waals surface area contributed by atoms with Crippen LogP contribution in [0.2, 0.25) is 0 Å². The van der Waals surface area contributed by atoms with Crippen molar-refractivity contribution in [3.8, 4) is 34.1 Å². The smallest absolute Gasteiger partial charge is 0.433 e. The highest BCUT2D eigenvalue weighted by atomic mass is 19.4. The Labute approximate surface area is 277 Å². The van der Waals surface area contributed by atoms with Gasteiger partial charge in [-0.15, -0.1) is 0 Å². The molecule has 0 N–H and O–H groups in total. The normalized spacial score (nSPS) is 12.6. The summed E-state index contributed by atoms with van der Waals surface area (Å²) in [5.74, 6) is -5.34. The van der Waals surface area contributed by atoms with Gasteiger partial charge >= 0.3 is 18.5 Å². The molecule has 0 saturated heterocycles. The van der Waals surface area contributed by atoms with Gasteiger partial charge in [0.15, 0.2) is 24.7 Å². The van der Waals surface area contributed by atoms with Gasteiger partial charge in [0, 0.05) is 54.5 Å². The number of nitrogens with zero attached hydrogens (tertiary/aromatic N) is 7. The van der Waals surface area contributed by atoms with Crippen LogP contribution in [-0.4, -0.2) is 59.3 Å². The van der Waals surface area contributed by atoms with Gasteiger partial charge in [-0.1, -0.05) is 0 Å². The van der Waals surface area contributed by atoms with E-state index in [0.29, 0.717) is 27.4 Å². The molecule has 0 radical (unpaired) electrons. The van der Waals surface area contributed by atoms with Crippen LogP contribution < -0.4 is 9.47 Å². The van der Waals surface area contributed by atoms with E-state index in [-0.39, 0.29) is 28.5 Å². The highest BCUT2D eigenvalue weighted by Gasteiger charge is 2.35. The maximum absolute atomic E-state index is 13.9. The van der Waals surface area contributed by atoms with Crippen LogP contribution in [-0.2, 0) is 12.1 Å². The molecule has 6 heterocycles. The highest BCUT2D eigenvalue weighted by molar-refractivity contribution is 5.64. The topological polar surface area (TPSA) is 91.7 Å². The van der Waals surface area contributed by atoms with Crippen LogP contribution in [0.5, 0.6) is 11.8 Å². The zero-order chi connectivity index (χ0) is 37.4. The first-order valence-electron chi connectivity index (χ1n) is 13.9. The number of pyridine rings is 3. The van der Waals surface area contributed by atoms with Crippen molar-refractivity contribution in [2.24, 2.45) is 0 Å². The zero-order valence-corrected chi connectivity index (χ0v) is 25.3. The Kier molecular flexibility index (Phi) is 9.76. The lowest BCUT2D eigenvalue weighted by molar-refractivity contribution is -0.154. The van der Waals surface area contributed by atoms with E-state index in [1.165, 1.54) is 28.9 Å². The predicted molar refractivity (Wildman–Crippen MR) is 152 cm³/mol. The van der Waals surface area contributed by atoms with Gasteiger partial charge in [-0.3, -0.25) is 13.8 Å². The molecule has 0 fully saturated rings. The third kappa shape index (κ3) is 9.14. The van der Waals surface area contributed by atoms with Crippen molar-refractivity contribution < 1.29 is 62.2 Å². The van der Waals surface area contributed by atoms with Crippen LogP contribution >= 0.6 is 0 Å². The fourth-order valence-corrected chi connectivity index (χ4v) is 4.34. The summed E-state index contributed by atoms with van der Waals surface area (Å²) in [5.41, 5.74) is -0.0818. The number of rotatable bonds is 7. The van der Waals surface area contributed by atoms with Gasteiger partial charge in [-0.25, -0.2) is 24.3 Å². The molecule has 0 aliphatic carbocycles. The van der Waals surface area contributed by atoms with Gasteiger partial charge in [-0.2, -0.15) is 48.3 Å². The summed E-state index contributed by atoms with van der Waals surface area (Å²) in [6.45, 7) is -2.39. The summed E-state index contributed by atoms with van der Waals surface area (Å²) >= 11 is 0. The summed E-state index contributed by atoms with van der Waals surface area (Å²) in [6, 6.07) is 6.78. The molecule has 0 aliphatic heterocycles. The standard InChI is InChI=1S/C16H12F5N3O.C14H7F7N4O/c1-15(17,18)12-7-22-13-4-2-11(8-24(12)13)10-3-5-14(23-6-10)25-9-16(19,20)21;15-8-1-7(2-24-12(8)26-6-13(16,17)18)9-5-25-10(14(19,20)21)3-23-11(25)4-22-9/h2-8H,9H2,1H3;1-5H,6H2. The Hall–Kier alpha value is -5.63. The fraction of sp³-hybridized carbons (Fsp3) is 0.233. The number of hydrogen-bond donors (Lipinski definition) is 0. The number of imidazole rings is 2. The lowest BCUT2D eigenvalue weighted by atomic mass is 10.1. The van der Waals surface area contributed by atoms with Crippen molar-refractivity contribution in [1.29, 1.82) is 0 Å². The minimum atomic E-state index is -4.67. The van der Waals surface area contributed by atoms with E-state index in [4.69, 9.17) is 0 Å². The molecule has 6 rings (SSSR count). The van der Waals surface area contributed by atoms with Crippen LogP contribution in [0, 0.1) is 5.82 Å². The van der Waals surface area contributed by atoms with E-state index >= 15 is 0 Å². The molecule has 9 nitrogen and oxygen atoms in total. The molecule has 0 bridgehead atoms. The first kappa shape index (κ1) is 36.6. The van der Waals surface area contributed by atoms with Gasteiger partial charge in [0.2, 0.25) is 5.88 Å². The predicted octanol–water partition coefficient (Wildman–Crippen LogP) is 8.34. The molecular formula is C30H19F12N7O2. The van der Waals surface area contributed by atoms with Crippen molar-refractivity contribution in [2.75, 3.05) is 13.2 Å². The van der Waals surface area contributed by atoms with Gasteiger partial charge in [0.25, 0.3) is 11.8 Å². The minimum absolute atomic E-state index is 0.0504. The van der Waals surface area contributed by atoms with E-state index in [0.717, 1.165) is 37.8 Å². The first-order valence-corrected chi connectivity index (χ1v) is 13.9. The first-order chi connectivity index (χ1) is 23.7. The maximum Gasteiger partial charge on any atom is 0.433 e. The average molecular weight is 738 g/mol. The van der Waals surface area contributed by atoms with Gasteiger partial charge in [0.05, 0.1) is 24.3 Å². The van der Waals surface area contributed by atoms with Gasteiger partial charge < -0.3 is 9.47 Å². The Morgan fingerprint density at radius 2 is 1.20 bits per heavy atom. The van der Waals surface area contributed by atoms with E-state index in [2.05, 4.69) is 34.4 Å². The zero-order valence-electron chi connectivity index (χ0n) is 25.3. The van der Waals surface area contributed by atoms with Gasteiger partial charge in [-0.05, 0) is 24.3 Å². The number of halogens is 12. The third-order valence-electron chi connectivity index (χ3n) is 6.57. The second-order valence-corrected chi connectivity index (χ2v) is 10.5. The lowest BCUT2D eigenvalue weighted by Gasteiger charge is -2.11. The van der Waals surface area contributed by atoms with Crippen molar-refractivity contribution >= 4 is 11.3 Å². The second-order valence-electron chi connectivity index (χ2n) is 10.5. The molecule has 270 valence electrons. The molecule has 6 aromatic rings. The molecule has 0 unspecified atom stereocenters. The average Bonchev–Trinajstić information content (AvgIpc) is 3.67. The van der Waals surface area contributed by atoms with E-state index in [9.17, 15) is 52.7 Å². The summed E-state index contributed by atoms with van der Waals surface area (Å²) in [6.07, 6.45) is -6.34. The van der Waals surface area contributed by atoms with Crippen LogP contribution in [0.25, 0.3) is 33.7 Å². The monoisotopic (exact) mass is 737 g/mol. The summed E-state index contributed by atoms with van der Waals surface area (Å²) in [5, 5.41) is 0. The lowest BCUT2D eigenvalue weighted by Crippen LogP contribution is -2.20. The molecule has 0 spiro atoms. The Bertz CT molecular complexity index is 2140. The number of ether oxygens (including phenoxy) is 2. The van der Waals surface area contributed by atoms with E-state index in [1.807, 2.05) is 0 Å². The van der Waals surface area contributed by atoms with Crippen molar-refractivity contribution in [1.82, 2.24) is 33.7 Å². The second kappa shape index (κ2) is 13.6. The molecule has 0 atom stereocenters. The molecule has 0 aromatic carbocycles. The van der Waals surface area contributed by atoms with Crippen LogP contribution in [0.1, 0.15) is 18.3 Å². The van der Waals surface area contributed by atoms with E-state index in [1.54, 1.807) is 12.1 Å². The molecule has 21 heteroatoms. The van der Waals surface area contributed by atoms with E-state index < -0.39 is 55.1 Å². The maximum atomic E-state index is 13.9. The molecule has 0 aliphatic rings. The summed E-state index contributed by atoms with van der Waals surface area (Å²) in [4.78, 5) is 18.5. The number of alkyl halides is 11. The van der Waals surface area contributed by atoms with Crippen LogP contribution in [0.3, 0.4) is 0 Å². The minimum Gasteiger partial charge on any atom is -0.468 e. The summed E-state index contributed by atoms with van der Waals surface area (Å²) < 4.78 is 163. The number of aromatic nitrogens is 7. The summed E-state index contributed by atoms with van der Waals surface area (Å²) in [7, 11) is 0. The van der Waals surface area contributed by atoms with Crippen LogP contribution in [0.4, 0.5) is 52.7 Å². The number of fused-ring (bicyclic) bond motifs is 2. The molecule has 51 heavy (non-hydrogen) atoms. The van der Waals surface area contributed by atoms with Gasteiger partial charge in [0.1, 0.15) is 17.0 Å². The quantitative estimate of drug-likeness (QED) is 0.152. The van der Waals surface area contributed by atoms with Crippen molar-refractivity contribution in [3.05, 3.63) is 90.9 Å². The highest BCUT2D eigenvalue weighted by Crippen LogP contribution is 2.32. The molecule has 0 saturated carbocycles. The Morgan fingerprint density at radius 3 is 1.80 bits per heavy atom. The molecule has 0 amide bonds. The largest absolute Gasteiger partial charge is 0.468 e. The molecule has 6 aromatic heterocycles. The fourth-order valence-electron chi connectivity index (χ4n) is 4.34. The Balaban J connectivity index is 0.000000198. The third-order valence-corrected chi connectivity index (χ3v) is 6.57. The molecular weight excluding hydrogens is 718 g/mol. The van der Waals surface area contributed by atoms with Crippen LogP contribution in [0.15, 0.2) is 73.7 Å². The van der Waals surface area contributed by atoms with Crippen molar-refractivity contribution in [3.63, 3.8) is 0 Å². The Morgan fingerprint density at radius 1 is 0.588 bits per heavy atom. The van der Waals surface area contributed by atoms with Crippen molar-refractivity contribution in [2.45, 2.75) is 31.4 Å².